The SMILES string of the molecule is CCc1nn2c(C)cc(C)nc2c1C(=O)O. The number of carboxylic acids is 1. The van der Waals surface area contributed by atoms with E-state index >= 15 is 0 Å². The van der Waals surface area contributed by atoms with Crippen LogP contribution < -0.4 is 0 Å². The summed E-state index contributed by atoms with van der Waals surface area (Å²) in [5.74, 6) is -0.968. The second-order valence-corrected chi connectivity index (χ2v) is 3.75. The highest BCUT2D eigenvalue weighted by Crippen LogP contribution is 2.17. The Morgan fingerprint density at radius 1 is 1.50 bits per heavy atom. The van der Waals surface area contributed by atoms with Crippen LogP contribution in [-0.4, -0.2) is 25.7 Å². The van der Waals surface area contributed by atoms with E-state index in [-0.39, 0.29) is 5.56 Å². The van der Waals surface area contributed by atoms with Crippen LogP contribution in [0.4, 0.5) is 0 Å². The number of aromatic carboxylic acids is 1. The Bertz CT molecular complexity index is 572. The van der Waals surface area contributed by atoms with E-state index in [0.717, 1.165) is 11.4 Å². The molecule has 0 atom stereocenters. The van der Waals surface area contributed by atoms with E-state index in [4.69, 9.17) is 0 Å². The lowest BCUT2D eigenvalue weighted by atomic mass is 10.2. The first-order chi connectivity index (χ1) is 7.54. The lowest BCUT2D eigenvalue weighted by Gasteiger charge is -2.00. The molecule has 0 radical (unpaired) electrons. The molecule has 0 aliphatic heterocycles. The Balaban J connectivity index is 2.89. The molecular weight excluding hydrogens is 206 g/mol. The van der Waals surface area contributed by atoms with Crippen molar-refractivity contribution in [2.75, 3.05) is 0 Å². The van der Waals surface area contributed by atoms with Crippen molar-refractivity contribution in [1.82, 2.24) is 14.6 Å². The van der Waals surface area contributed by atoms with Gasteiger partial charge in [0.25, 0.3) is 0 Å². The summed E-state index contributed by atoms with van der Waals surface area (Å²) in [6.07, 6.45) is 0.587. The number of rotatable bonds is 2. The average Bonchev–Trinajstić information content (AvgIpc) is 2.56. The summed E-state index contributed by atoms with van der Waals surface area (Å²) in [6.45, 7) is 5.62. The molecule has 16 heavy (non-hydrogen) atoms. The van der Waals surface area contributed by atoms with Crippen LogP contribution >= 0.6 is 0 Å². The van der Waals surface area contributed by atoms with Crippen molar-refractivity contribution < 1.29 is 9.90 Å². The van der Waals surface area contributed by atoms with Crippen LogP contribution in [0.5, 0.6) is 0 Å². The molecule has 2 aromatic rings. The molecule has 0 unspecified atom stereocenters. The number of fused-ring (bicyclic) bond motifs is 1. The van der Waals surface area contributed by atoms with E-state index in [9.17, 15) is 9.90 Å². The van der Waals surface area contributed by atoms with Crippen LogP contribution in [0.3, 0.4) is 0 Å². The Morgan fingerprint density at radius 2 is 2.19 bits per heavy atom. The number of nitrogens with zero attached hydrogens (tertiary/aromatic N) is 3. The zero-order valence-corrected chi connectivity index (χ0v) is 9.48. The van der Waals surface area contributed by atoms with Crippen molar-refractivity contribution in [3.05, 3.63) is 28.7 Å². The minimum Gasteiger partial charge on any atom is -0.477 e. The van der Waals surface area contributed by atoms with E-state index in [1.54, 1.807) is 4.52 Å². The summed E-state index contributed by atoms with van der Waals surface area (Å²) in [7, 11) is 0. The molecule has 0 fully saturated rings. The first kappa shape index (κ1) is 10.6. The van der Waals surface area contributed by atoms with Gasteiger partial charge in [0.15, 0.2) is 5.65 Å². The van der Waals surface area contributed by atoms with Crippen molar-refractivity contribution in [3.8, 4) is 0 Å². The largest absolute Gasteiger partial charge is 0.477 e. The number of aryl methyl sites for hydroxylation is 3. The van der Waals surface area contributed by atoms with Crippen LogP contribution in [0, 0.1) is 13.8 Å². The van der Waals surface area contributed by atoms with Crippen LogP contribution in [0.1, 0.15) is 34.4 Å². The van der Waals surface area contributed by atoms with Gasteiger partial charge < -0.3 is 5.11 Å². The van der Waals surface area contributed by atoms with Gasteiger partial charge >= 0.3 is 5.97 Å². The number of hydrogen-bond donors (Lipinski definition) is 1. The summed E-state index contributed by atoms with van der Waals surface area (Å²) in [5, 5.41) is 13.4. The van der Waals surface area contributed by atoms with Gasteiger partial charge in [-0.05, 0) is 26.3 Å². The summed E-state index contributed by atoms with van der Waals surface area (Å²) in [4.78, 5) is 15.4. The maximum atomic E-state index is 11.2. The van der Waals surface area contributed by atoms with Gasteiger partial charge in [0, 0.05) is 11.4 Å². The van der Waals surface area contributed by atoms with E-state index in [1.807, 2.05) is 26.8 Å². The molecule has 0 bridgehead atoms. The fourth-order valence-corrected chi connectivity index (χ4v) is 1.83. The highest BCUT2D eigenvalue weighted by molar-refractivity contribution is 5.95. The Morgan fingerprint density at radius 3 is 2.75 bits per heavy atom. The normalized spacial score (nSPS) is 10.9. The molecule has 0 aliphatic rings. The monoisotopic (exact) mass is 219 g/mol. The third-order valence-electron chi connectivity index (χ3n) is 2.52. The Hall–Kier alpha value is -1.91. The molecule has 0 saturated heterocycles. The summed E-state index contributed by atoms with van der Waals surface area (Å²) < 4.78 is 1.59. The van der Waals surface area contributed by atoms with Crippen molar-refractivity contribution in [2.45, 2.75) is 27.2 Å². The molecule has 0 saturated carbocycles. The summed E-state index contributed by atoms with van der Waals surface area (Å²) in [6, 6.07) is 1.88. The minimum atomic E-state index is -0.968. The average molecular weight is 219 g/mol. The van der Waals surface area contributed by atoms with E-state index in [1.165, 1.54) is 0 Å². The Kier molecular flexibility index (Phi) is 2.38. The van der Waals surface area contributed by atoms with Gasteiger partial charge in [0.05, 0.1) is 5.69 Å². The van der Waals surface area contributed by atoms with Crippen molar-refractivity contribution in [3.63, 3.8) is 0 Å². The zero-order chi connectivity index (χ0) is 11.9. The van der Waals surface area contributed by atoms with Crippen LogP contribution in [0.25, 0.3) is 5.65 Å². The standard InChI is InChI=1S/C11H13N3O2/c1-4-8-9(11(15)16)10-12-6(2)5-7(3)14(10)13-8/h5H,4H2,1-3H3,(H,15,16). The van der Waals surface area contributed by atoms with Crippen LogP contribution in [0.15, 0.2) is 6.07 Å². The number of carbonyl (C=O) groups is 1. The smallest absolute Gasteiger partial charge is 0.341 e. The summed E-state index contributed by atoms with van der Waals surface area (Å²) in [5.41, 5.74) is 2.92. The molecule has 0 amide bonds. The van der Waals surface area contributed by atoms with Crippen molar-refractivity contribution >= 4 is 11.6 Å². The molecule has 2 rings (SSSR count). The molecular formula is C11H13N3O2. The zero-order valence-electron chi connectivity index (χ0n) is 9.48. The van der Waals surface area contributed by atoms with E-state index in [0.29, 0.717) is 17.8 Å². The number of carboxylic acid groups (broad SMARTS) is 1. The van der Waals surface area contributed by atoms with E-state index < -0.39 is 5.97 Å². The van der Waals surface area contributed by atoms with Crippen molar-refractivity contribution in [2.24, 2.45) is 0 Å². The first-order valence-electron chi connectivity index (χ1n) is 5.13. The van der Waals surface area contributed by atoms with Crippen molar-refractivity contribution in [1.29, 1.82) is 0 Å². The third kappa shape index (κ3) is 1.44. The van der Waals surface area contributed by atoms with Crippen LogP contribution in [0.2, 0.25) is 0 Å². The van der Waals surface area contributed by atoms with Gasteiger partial charge in [-0.1, -0.05) is 6.92 Å². The molecule has 5 nitrogen and oxygen atoms in total. The van der Waals surface area contributed by atoms with Gasteiger partial charge in [-0.3, -0.25) is 0 Å². The lowest BCUT2D eigenvalue weighted by Crippen LogP contribution is -2.02. The summed E-state index contributed by atoms with van der Waals surface area (Å²) >= 11 is 0. The lowest BCUT2D eigenvalue weighted by molar-refractivity contribution is 0.0697. The number of aromatic nitrogens is 3. The second kappa shape index (κ2) is 3.59. The quantitative estimate of drug-likeness (QED) is 0.833. The molecule has 0 aliphatic carbocycles. The molecule has 0 spiro atoms. The third-order valence-corrected chi connectivity index (χ3v) is 2.52. The fourth-order valence-electron chi connectivity index (χ4n) is 1.83. The van der Waals surface area contributed by atoms with Crippen LogP contribution in [-0.2, 0) is 6.42 Å². The molecule has 5 heteroatoms. The van der Waals surface area contributed by atoms with E-state index in [2.05, 4.69) is 10.1 Å². The maximum absolute atomic E-state index is 11.2. The molecule has 2 heterocycles. The maximum Gasteiger partial charge on any atom is 0.341 e. The van der Waals surface area contributed by atoms with Gasteiger partial charge in [-0.2, -0.15) is 5.10 Å². The molecule has 1 N–H and O–H groups in total. The predicted molar refractivity (Wildman–Crippen MR) is 58.8 cm³/mol. The predicted octanol–water partition coefficient (Wildman–Crippen LogP) is 1.61. The molecule has 2 aromatic heterocycles. The van der Waals surface area contributed by atoms with Gasteiger partial charge in [-0.15, -0.1) is 0 Å². The van der Waals surface area contributed by atoms with Gasteiger partial charge in [-0.25, -0.2) is 14.3 Å². The second-order valence-electron chi connectivity index (χ2n) is 3.75. The number of hydrogen-bond acceptors (Lipinski definition) is 3. The fraction of sp³-hybridized carbons (Fsp3) is 0.364. The minimum absolute atomic E-state index is 0.217. The first-order valence-corrected chi connectivity index (χ1v) is 5.13. The molecule has 0 aromatic carbocycles. The highest BCUT2D eigenvalue weighted by Gasteiger charge is 2.19. The van der Waals surface area contributed by atoms with Gasteiger partial charge in [0.1, 0.15) is 5.56 Å². The molecule has 84 valence electrons. The van der Waals surface area contributed by atoms with Gasteiger partial charge in [0.2, 0.25) is 0 Å². The topological polar surface area (TPSA) is 67.5 Å². The Labute approximate surface area is 92.7 Å². The highest BCUT2D eigenvalue weighted by atomic mass is 16.4.